The summed E-state index contributed by atoms with van der Waals surface area (Å²) in [4.78, 5) is 10.9. The van der Waals surface area contributed by atoms with E-state index < -0.39 is 12.0 Å². The number of aromatic amines is 1. The SMILES string of the molecule is NC(CC(CCCOc1ccc(I)cc1)c1nn[nH]n1)C(=O)O. The van der Waals surface area contributed by atoms with Gasteiger partial charge < -0.3 is 15.6 Å². The highest BCUT2D eigenvalue weighted by atomic mass is 127. The Morgan fingerprint density at radius 1 is 1.39 bits per heavy atom. The highest BCUT2D eigenvalue weighted by Gasteiger charge is 2.23. The van der Waals surface area contributed by atoms with Crippen molar-refractivity contribution in [1.82, 2.24) is 20.6 Å². The Morgan fingerprint density at radius 3 is 2.74 bits per heavy atom. The van der Waals surface area contributed by atoms with Gasteiger partial charge in [-0.15, -0.1) is 10.2 Å². The molecule has 0 radical (unpaired) electrons. The van der Waals surface area contributed by atoms with Gasteiger partial charge in [0.1, 0.15) is 11.8 Å². The molecule has 0 aliphatic carbocycles. The van der Waals surface area contributed by atoms with Crippen LogP contribution in [0, 0.1) is 3.57 Å². The van der Waals surface area contributed by atoms with Crippen LogP contribution in [0.3, 0.4) is 0 Å². The van der Waals surface area contributed by atoms with Gasteiger partial charge in [0.15, 0.2) is 5.82 Å². The van der Waals surface area contributed by atoms with Crippen molar-refractivity contribution >= 4 is 28.6 Å². The van der Waals surface area contributed by atoms with E-state index in [9.17, 15) is 4.79 Å². The number of nitrogens with one attached hydrogen (secondary N) is 1. The van der Waals surface area contributed by atoms with E-state index in [1.165, 1.54) is 0 Å². The topological polar surface area (TPSA) is 127 Å². The zero-order chi connectivity index (χ0) is 16.7. The monoisotopic (exact) mass is 431 g/mol. The van der Waals surface area contributed by atoms with Gasteiger partial charge in [0.05, 0.1) is 6.61 Å². The summed E-state index contributed by atoms with van der Waals surface area (Å²) < 4.78 is 6.81. The quantitative estimate of drug-likeness (QED) is 0.406. The lowest BCUT2D eigenvalue weighted by Crippen LogP contribution is -2.32. The molecule has 1 aromatic heterocycles. The third-order valence-electron chi connectivity index (χ3n) is 3.36. The van der Waals surface area contributed by atoms with Crippen molar-refractivity contribution in [2.75, 3.05) is 6.61 Å². The average Bonchev–Trinajstić information content (AvgIpc) is 3.06. The first-order valence-electron chi connectivity index (χ1n) is 7.16. The Hall–Kier alpha value is -1.75. The molecule has 0 aliphatic rings. The fraction of sp³-hybridized carbons (Fsp3) is 0.429. The van der Waals surface area contributed by atoms with Gasteiger partial charge in [0.2, 0.25) is 0 Å². The second kappa shape index (κ2) is 8.77. The number of carboxylic acid groups (broad SMARTS) is 1. The van der Waals surface area contributed by atoms with Crippen LogP contribution in [0.25, 0.3) is 0 Å². The van der Waals surface area contributed by atoms with Crippen molar-refractivity contribution in [2.24, 2.45) is 5.73 Å². The number of carboxylic acids is 1. The highest BCUT2D eigenvalue weighted by Crippen LogP contribution is 2.23. The van der Waals surface area contributed by atoms with Crippen molar-refractivity contribution in [3.63, 3.8) is 0 Å². The van der Waals surface area contributed by atoms with E-state index in [2.05, 4.69) is 43.2 Å². The van der Waals surface area contributed by atoms with Gasteiger partial charge in [-0.1, -0.05) is 5.21 Å². The molecule has 23 heavy (non-hydrogen) atoms. The number of carbonyl (C=O) groups is 1. The summed E-state index contributed by atoms with van der Waals surface area (Å²) in [7, 11) is 0. The lowest BCUT2D eigenvalue weighted by atomic mass is 9.95. The second-order valence-electron chi connectivity index (χ2n) is 5.09. The van der Waals surface area contributed by atoms with Crippen molar-refractivity contribution in [3.8, 4) is 5.75 Å². The number of aromatic nitrogens is 4. The van der Waals surface area contributed by atoms with Crippen LogP contribution < -0.4 is 10.5 Å². The maximum Gasteiger partial charge on any atom is 0.320 e. The van der Waals surface area contributed by atoms with Crippen LogP contribution in [0.15, 0.2) is 24.3 Å². The van der Waals surface area contributed by atoms with Crippen LogP contribution in [0.5, 0.6) is 5.75 Å². The number of hydrogen-bond acceptors (Lipinski definition) is 6. The number of benzene rings is 1. The largest absolute Gasteiger partial charge is 0.494 e. The first-order valence-corrected chi connectivity index (χ1v) is 8.24. The van der Waals surface area contributed by atoms with Crippen LogP contribution in [-0.2, 0) is 4.79 Å². The Labute approximate surface area is 146 Å². The molecule has 0 saturated heterocycles. The van der Waals surface area contributed by atoms with Crippen LogP contribution in [0.1, 0.15) is 31.0 Å². The average molecular weight is 431 g/mol. The maximum absolute atomic E-state index is 10.9. The van der Waals surface area contributed by atoms with E-state index in [1.807, 2.05) is 24.3 Å². The molecule has 2 rings (SSSR count). The Bertz CT molecular complexity index is 605. The summed E-state index contributed by atoms with van der Waals surface area (Å²) in [5, 5.41) is 22.7. The van der Waals surface area contributed by atoms with E-state index in [0.717, 1.165) is 15.7 Å². The van der Waals surface area contributed by atoms with Crippen LogP contribution >= 0.6 is 22.6 Å². The van der Waals surface area contributed by atoms with Crippen LogP contribution in [-0.4, -0.2) is 44.3 Å². The molecule has 1 aromatic carbocycles. The molecule has 9 heteroatoms. The summed E-state index contributed by atoms with van der Waals surface area (Å²) in [6.45, 7) is 0.525. The van der Waals surface area contributed by atoms with Gasteiger partial charge in [-0.05, 0) is 66.1 Å². The molecule has 4 N–H and O–H groups in total. The van der Waals surface area contributed by atoms with Gasteiger partial charge in [0.25, 0.3) is 0 Å². The Balaban J connectivity index is 1.83. The lowest BCUT2D eigenvalue weighted by molar-refractivity contribution is -0.138. The number of halogens is 1. The Morgan fingerprint density at radius 2 is 2.13 bits per heavy atom. The molecule has 0 fully saturated rings. The van der Waals surface area contributed by atoms with Crippen molar-refractivity contribution < 1.29 is 14.6 Å². The summed E-state index contributed by atoms with van der Waals surface area (Å²) in [6.07, 6.45) is 1.67. The molecule has 0 aliphatic heterocycles. The van der Waals surface area contributed by atoms with E-state index >= 15 is 0 Å². The van der Waals surface area contributed by atoms with Gasteiger partial charge in [0, 0.05) is 9.49 Å². The number of nitrogens with zero attached hydrogens (tertiary/aromatic N) is 3. The molecule has 1 heterocycles. The standard InChI is InChI=1S/C14H18IN5O3/c15-10-3-5-11(6-4-10)23-7-1-2-9(8-12(16)14(21)22)13-17-19-20-18-13/h3-6,9,12H,1-2,7-8,16H2,(H,21,22)(H,17,18,19,20). The fourth-order valence-electron chi connectivity index (χ4n) is 2.15. The first kappa shape index (κ1) is 17.6. The molecule has 2 aromatic rings. The summed E-state index contributed by atoms with van der Waals surface area (Å²) >= 11 is 2.23. The van der Waals surface area contributed by atoms with Crippen LogP contribution in [0.2, 0.25) is 0 Å². The zero-order valence-corrected chi connectivity index (χ0v) is 14.5. The van der Waals surface area contributed by atoms with Gasteiger partial charge in [-0.2, -0.15) is 5.21 Å². The summed E-state index contributed by atoms with van der Waals surface area (Å²) in [5.41, 5.74) is 5.62. The lowest BCUT2D eigenvalue weighted by Gasteiger charge is -2.15. The van der Waals surface area contributed by atoms with Gasteiger partial charge in [-0.3, -0.25) is 4.79 Å². The number of aliphatic carboxylic acids is 1. The molecule has 8 nitrogen and oxygen atoms in total. The maximum atomic E-state index is 10.9. The minimum absolute atomic E-state index is 0.167. The fourth-order valence-corrected chi connectivity index (χ4v) is 2.51. The summed E-state index contributed by atoms with van der Waals surface area (Å²) in [5.74, 6) is 0.0912. The third kappa shape index (κ3) is 5.75. The predicted molar refractivity (Wildman–Crippen MR) is 91.0 cm³/mol. The smallest absolute Gasteiger partial charge is 0.320 e. The molecule has 124 valence electrons. The molecule has 0 amide bonds. The number of tetrazole rings is 1. The number of rotatable bonds is 9. The van der Waals surface area contributed by atoms with Gasteiger partial charge in [-0.25, -0.2) is 0 Å². The predicted octanol–water partition coefficient (Wildman–Crippen LogP) is 1.55. The van der Waals surface area contributed by atoms with E-state index in [4.69, 9.17) is 15.6 Å². The highest BCUT2D eigenvalue weighted by molar-refractivity contribution is 14.1. The van der Waals surface area contributed by atoms with Crippen molar-refractivity contribution in [1.29, 1.82) is 0 Å². The molecule has 2 atom stereocenters. The van der Waals surface area contributed by atoms with E-state index in [1.54, 1.807) is 0 Å². The second-order valence-corrected chi connectivity index (χ2v) is 6.34. The normalized spacial score (nSPS) is 13.5. The summed E-state index contributed by atoms with van der Waals surface area (Å²) in [6, 6.07) is 6.83. The number of H-pyrrole nitrogens is 1. The zero-order valence-electron chi connectivity index (χ0n) is 12.4. The molecular weight excluding hydrogens is 413 g/mol. The van der Waals surface area contributed by atoms with E-state index in [0.29, 0.717) is 18.9 Å². The molecule has 0 saturated carbocycles. The minimum Gasteiger partial charge on any atom is -0.494 e. The number of ether oxygens (including phenoxy) is 1. The van der Waals surface area contributed by atoms with Crippen molar-refractivity contribution in [3.05, 3.63) is 33.7 Å². The van der Waals surface area contributed by atoms with Gasteiger partial charge >= 0.3 is 5.97 Å². The van der Waals surface area contributed by atoms with Crippen molar-refractivity contribution in [2.45, 2.75) is 31.2 Å². The number of hydrogen-bond donors (Lipinski definition) is 3. The Kier molecular flexibility index (Phi) is 6.71. The number of nitrogens with two attached hydrogens (primary N) is 1. The van der Waals surface area contributed by atoms with E-state index in [-0.39, 0.29) is 12.3 Å². The third-order valence-corrected chi connectivity index (χ3v) is 4.08. The first-order chi connectivity index (χ1) is 11.1. The molecule has 0 spiro atoms. The minimum atomic E-state index is -1.03. The molecule has 2 unspecified atom stereocenters. The van der Waals surface area contributed by atoms with Crippen LogP contribution in [0.4, 0.5) is 0 Å². The molecule has 0 bridgehead atoms. The molecular formula is C14H18IN5O3.